The van der Waals surface area contributed by atoms with Crippen molar-refractivity contribution in [3.63, 3.8) is 0 Å². The molecular formula is C13H19N3O4. The summed E-state index contributed by atoms with van der Waals surface area (Å²) in [5.74, 6) is 1.28. The van der Waals surface area contributed by atoms with E-state index >= 15 is 0 Å². The molecule has 0 bridgehead atoms. The van der Waals surface area contributed by atoms with Crippen LogP contribution in [0.2, 0.25) is 0 Å². The van der Waals surface area contributed by atoms with Crippen molar-refractivity contribution in [1.82, 2.24) is 0 Å². The summed E-state index contributed by atoms with van der Waals surface area (Å²) in [6.45, 7) is 0.441. The molecule has 1 aliphatic carbocycles. The molecular weight excluding hydrogens is 262 g/mol. The summed E-state index contributed by atoms with van der Waals surface area (Å²) in [6.07, 6.45) is 2.21. The Kier molecular flexibility index (Phi) is 4.29. The zero-order chi connectivity index (χ0) is 14.7. The molecule has 0 radical (unpaired) electrons. The number of ether oxygens (including phenoxy) is 2. The minimum absolute atomic E-state index is 0.0400. The van der Waals surface area contributed by atoms with Crippen LogP contribution >= 0.6 is 0 Å². The predicted octanol–water partition coefficient (Wildman–Crippen LogP) is 1.76. The van der Waals surface area contributed by atoms with Crippen molar-refractivity contribution >= 4 is 11.4 Å². The van der Waals surface area contributed by atoms with Gasteiger partial charge in [0.2, 0.25) is 0 Å². The maximum Gasteiger partial charge on any atom is 0.296 e. The van der Waals surface area contributed by atoms with E-state index in [1.807, 2.05) is 0 Å². The Morgan fingerprint density at radius 2 is 2.00 bits per heavy atom. The summed E-state index contributed by atoms with van der Waals surface area (Å²) < 4.78 is 10.3. The van der Waals surface area contributed by atoms with Crippen LogP contribution in [-0.4, -0.2) is 31.7 Å². The Morgan fingerprint density at radius 1 is 1.40 bits per heavy atom. The number of hydrogen-bond acceptors (Lipinski definition) is 6. The number of nitrogens with two attached hydrogens (primary N) is 1. The highest BCUT2D eigenvalue weighted by molar-refractivity contribution is 5.69. The SMILES string of the molecule is COc1cc(NC(CN)C2CC2)c([N+](=O)[O-])cc1OC. The zero-order valence-electron chi connectivity index (χ0n) is 11.6. The average molecular weight is 281 g/mol. The number of nitro groups is 1. The molecule has 0 spiro atoms. The Hall–Kier alpha value is -2.02. The molecule has 3 N–H and O–H groups in total. The van der Waals surface area contributed by atoms with Gasteiger partial charge in [-0.25, -0.2) is 0 Å². The summed E-state index contributed by atoms with van der Waals surface area (Å²) in [5, 5.41) is 14.3. The molecule has 0 heterocycles. The van der Waals surface area contributed by atoms with Gasteiger partial charge < -0.3 is 20.5 Å². The first-order valence-corrected chi connectivity index (χ1v) is 6.47. The molecule has 1 aromatic carbocycles. The van der Waals surface area contributed by atoms with E-state index in [1.54, 1.807) is 6.07 Å². The van der Waals surface area contributed by atoms with Crippen molar-refractivity contribution < 1.29 is 14.4 Å². The number of methoxy groups -OCH3 is 2. The minimum Gasteiger partial charge on any atom is -0.493 e. The van der Waals surface area contributed by atoms with Gasteiger partial charge in [0.1, 0.15) is 5.69 Å². The second-order valence-corrected chi connectivity index (χ2v) is 4.81. The molecule has 1 saturated carbocycles. The predicted molar refractivity (Wildman–Crippen MR) is 75.4 cm³/mol. The molecule has 7 nitrogen and oxygen atoms in total. The van der Waals surface area contributed by atoms with Gasteiger partial charge in [0, 0.05) is 18.7 Å². The monoisotopic (exact) mass is 281 g/mol. The van der Waals surface area contributed by atoms with E-state index in [0.717, 1.165) is 12.8 Å². The molecule has 1 fully saturated rings. The zero-order valence-corrected chi connectivity index (χ0v) is 11.6. The Bertz CT molecular complexity index is 503. The second kappa shape index (κ2) is 5.96. The lowest BCUT2D eigenvalue weighted by Gasteiger charge is -2.18. The van der Waals surface area contributed by atoms with Gasteiger partial charge in [-0.05, 0) is 18.8 Å². The van der Waals surface area contributed by atoms with Crippen LogP contribution < -0.4 is 20.5 Å². The van der Waals surface area contributed by atoms with Crippen LogP contribution in [0.15, 0.2) is 12.1 Å². The molecule has 1 unspecified atom stereocenters. The number of anilines is 1. The van der Waals surface area contributed by atoms with Crippen molar-refractivity contribution in [2.45, 2.75) is 18.9 Å². The molecule has 20 heavy (non-hydrogen) atoms. The molecule has 2 rings (SSSR count). The normalized spacial score (nSPS) is 15.6. The number of nitrogens with zero attached hydrogens (tertiary/aromatic N) is 1. The summed E-state index contributed by atoms with van der Waals surface area (Å²) >= 11 is 0. The lowest BCUT2D eigenvalue weighted by molar-refractivity contribution is -0.384. The maximum atomic E-state index is 11.2. The van der Waals surface area contributed by atoms with Gasteiger partial charge in [-0.1, -0.05) is 0 Å². The number of hydrogen-bond donors (Lipinski definition) is 2. The van der Waals surface area contributed by atoms with Crippen molar-refractivity contribution in [2.24, 2.45) is 11.7 Å². The number of benzene rings is 1. The highest BCUT2D eigenvalue weighted by atomic mass is 16.6. The van der Waals surface area contributed by atoms with E-state index in [1.165, 1.54) is 20.3 Å². The van der Waals surface area contributed by atoms with Gasteiger partial charge in [0.25, 0.3) is 5.69 Å². The van der Waals surface area contributed by atoms with Crippen LogP contribution in [0.3, 0.4) is 0 Å². The van der Waals surface area contributed by atoms with Crippen molar-refractivity contribution in [3.8, 4) is 11.5 Å². The first-order valence-electron chi connectivity index (χ1n) is 6.47. The molecule has 7 heteroatoms. The van der Waals surface area contributed by atoms with E-state index < -0.39 is 4.92 Å². The van der Waals surface area contributed by atoms with Crippen LogP contribution in [0.4, 0.5) is 11.4 Å². The van der Waals surface area contributed by atoms with Crippen LogP contribution in [0.1, 0.15) is 12.8 Å². The van der Waals surface area contributed by atoms with Crippen LogP contribution in [0.5, 0.6) is 11.5 Å². The van der Waals surface area contributed by atoms with E-state index in [2.05, 4.69) is 5.32 Å². The smallest absolute Gasteiger partial charge is 0.296 e. The average Bonchev–Trinajstić information content (AvgIpc) is 3.28. The number of nitro benzene ring substituents is 1. The molecule has 1 atom stereocenters. The second-order valence-electron chi connectivity index (χ2n) is 4.81. The van der Waals surface area contributed by atoms with E-state index in [4.69, 9.17) is 15.2 Å². The van der Waals surface area contributed by atoms with Gasteiger partial charge in [0.15, 0.2) is 11.5 Å². The summed E-state index contributed by atoms with van der Waals surface area (Å²) in [6, 6.07) is 3.00. The van der Waals surface area contributed by atoms with Gasteiger partial charge in [-0.3, -0.25) is 10.1 Å². The van der Waals surface area contributed by atoms with Gasteiger partial charge in [-0.15, -0.1) is 0 Å². The van der Waals surface area contributed by atoms with Crippen LogP contribution in [0, 0.1) is 16.0 Å². The fourth-order valence-corrected chi connectivity index (χ4v) is 2.20. The van der Waals surface area contributed by atoms with Crippen molar-refractivity contribution in [1.29, 1.82) is 0 Å². The quantitative estimate of drug-likeness (QED) is 0.583. The minimum atomic E-state index is -0.440. The number of nitrogens with one attached hydrogen (secondary N) is 1. The summed E-state index contributed by atoms with van der Waals surface area (Å²) in [4.78, 5) is 10.7. The lowest BCUT2D eigenvalue weighted by atomic mass is 10.1. The molecule has 110 valence electrons. The Balaban J connectivity index is 2.35. The first kappa shape index (κ1) is 14.4. The molecule has 0 amide bonds. The molecule has 1 aliphatic rings. The fraction of sp³-hybridized carbons (Fsp3) is 0.538. The van der Waals surface area contributed by atoms with Gasteiger partial charge in [0.05, 0.1) is 25.2 Å². The van der Waals surface area contributed by atoms with Crippen LogP contribution in [-0.2, 0) is 0 Å². The Labute approximate surface area is 117 Å². The number of rotatable bonds is 7. The molecule has 0 aliphatic heterocycles. The largest absolute Gasteiger partial charge is 0.493 e. The molecule has 1 aromatic rings. The first-order chi connectivity index (χ1) is 9.60. The summed E-state index contributed by atoms with van der Waals surface area (Å²) in [7, 11) is 2.94. The van der Waals surface area contributed by atoms with Gasteiger partial charge >= 0.3 is 0 Å². The van der Waals surface area contributed by atoms with E-state index in [-0.39, 0.29) is 11.7 Å². The third-order valence-electron chi connectivity index (χ3n) is 3.48. The third-order valence-corrected chi connectivity index (χ3v) is 3.48. The van der Waals surface area contributed by atoms with Crippen LogP contribution in [0.25, 0.3) is 0 Å². The standard InChI is InChI=1S/C13H19N3O4/c1-19-12-5-9(15-10(7-14)8-3-4-8)11(16(17)18)6-13(12)20-2/h5-6,8,10,15H,3-4,7,14H2,1-2H3. The maximum absolute atomic E-state index is 11.2. The van der Waals surface area contributed by atoms with Crippen molar-refractivity contribution in [3.05, 3.63) is 22.2 Å². The lowest BCUT2D eigenvalue weighted by Crippen LogP contribution is -2.31. The van der Waals surface area contributed by atoms with Crippen molar-refractivity contribution in [2.75, 3.05) is 26.1 Å². The summed E-state index contributed by atoms with van der Waals surface area (Å²) in [5.41, 5.74) is 6.10. The fourth-order valence-electron chi connectivity index (χ4n) is 2.20. The Morgan fingerprint density at radius 3 is 2.45 bits per heavy atom. The highest BCUT2D eigenvalue weighted by Crippen LogP contribution is 2.40. The molecule has 0 aromatic heterocycles. The third kappa shape index (κ3) is 2.93. The van der Waals surface area contributed by atoms with Gasteiger partial charge in [-0.2, -0.15) is 0 Å². The van der Waals surface area contributed by atoms with E-state index in [0.29, 0.717) is 29.6 Å². The van der Waals surface area contributed by atoms with E-state index in [9.17, 15) is 10.1 Å². The molecule has 0 saturated heterocycles. The topological polar surface area (TPSA) is 99.7 Å². The highest BCUT2D eigenvalue weighted by Gasteiger charge is 2.32.